The molecule has 0 radical (unpaired) electrons. The Bertz CT molecular complexity index is 970. The summed E-state index contributed by atoms with van der Waals surface area (Å²) in [6, 6.07) is 10.2. The van der Waals surface area contributed by atoms with E-state index in [0.717, 1.165) is 0 Å². The number of carbonyl (C=O) groups excluding carboxylic acids is 2. The molecular weight excluding hydrogens is 399 g/mol. The van der Waals surface area contributed by atoms with Crippen molar-refractivity contribution >= 4 is 34.2 Å². The second-order valence-electron chi connectivity index (χ2n) is 5.22. The van der Waals surface area contributed by atoms with E-state index < -0.39 is 22.1 Å². The van der Waals surface area contributed by atoms with Crippen LogP contribution in [0.1, 0.15) is 29.8 Å². The summed E-state index contributed by atoms with van der Waals surface area (Å²) >= 11 is 0. The molecule has 2 aromatic rings. The van der Waals surface area contributed by atoms with Crippen LogP contribution in [0.2, 0.25) is 0 Å². The number of carbonyl (C=O) groups is 2. The fourth-order valence-corrected chi connectivity index (χ4v) is 2.59. The van der Waals surface area contributed by atoms with Crippen LogP contribution in [0.25, 0.3) is 12.2 Å². The van der Waals surface area contributed by atoms with Gasteiger partial charge in [-0.2, -0.15) is 8.42 Å². The van der Waals surface area contributed by atoms with E-state index in [1.165, 1.54) is 50.4 Å². The zero-order chi connectivity index (χ0) is 19.3. The fraction of sp³-hybridized carbons (Fsp3) is 0.111. The largest absolute Gasteiger partial charge is 1.00 e. The molecule has 1 N–H and O–H groups in total. The van der Waals surface area contributed by atoms with Crippen LogP contribution in [0.15, 0.2) is 47.4 Å². The van der Waals surface area contributed by atoms with Gasteiger partial charge in [0.1, 0.15) is 11.3 Å². The van der Waals surface area contributed by atoms with Crippen LogP contribution in [0.3, 0.4) is 0 Å². The van der Waals surface area contributed by atoms with E-state index in [0.29, 0.717) is 11.1 Å². The zero-order valence-electron chi connectivity index (χ0n) is 16.0. The van der Waals surface area contributed by atoms with Crippen molar-refractivity contribution in [2.75, 3.05) is 7.11 Å². The standard InChI is InChI=1S/C18H16O7S.K.H/c1-12(19)25-17-10-7-14(11-16(17)18(20)24-2)4-3-13-5-8-15(9-6-13)26(21,22)23;;/h3-11H,1-2H3,(H,21,22,23);;/q;+1;-1/b4-3+;;. The van der Waals surface area contributed by atoms with Crippen LogP contribution in [-0.4, -0.2) is 32.0 Å². The Morgan fingerprint density at radius 2 is 1.59 bits per heavy atom. The van der Waals surface area contributed by atoms with Crippen LogP contribution in [0.4, 0.5) is 0 Å². The second kappa shape index (κ2) is 10.3. The predicted molar refractivity (Wildman–Crippen MR) is 95.4 cm³/mol. The third-order valence-corrected chi connectivity index (χ3v) is 4.18. The van der Waals surface area contributed by atoms with Gasteiger partial charge in [-0.1, -0.05) is 30.4 Å². The average molecular weight is 416 g/mol. The maximum atomic E-state index is 11.9. The summed E-state index contributed by atoms with van der Waals surface area (Å²) in [6.45, 7) is 1.23. The molecule has 0 aromatic heterocycles. The Hall–Kier alpha value is -1.33. The molecule has 0 saturated heterocycles. The van der Waals surface area contributed by atoms with Crippen LogP contribution < -0.4 is 56.1 Å². The number of rotatable bonds is 5. The van der Waals surface area contributed by atoms with Gasteiger partial charge in [-0.15, -0.1) is 0 Å². The maximum Gasteiger partial charge on any atom is 1.00 e. The third kappa shape index (κ3) is 6.96. The first-order valence-corrected chi connectivity index (χ1v) is 8.81. The summed E-state index contributed by atoms with van der Waals surface area (Å²) in [5.74, 6) is -1.11. The van der Waals surface area contributed by atoms with E-state index in [1.807, 2.05) is 0 Å². The van der Waals surface area contributed by atoms with Gasteiger partial charge >= 0.3 is 63.3 Å². The SMILES string of the molecule is COC(=O)c1cc(/C=C/c2ccc(S(=O)(=O)O)cc2)ccc1OC(C)=O.[H-].[K+]. The third-order valence-electron chi connectivity index (χ3n) is 3.31. The Balaban J connectivity index is 0.00000364. The van der Waals surface area contributed by atoms with Crippen molar-refractivity contribution < 1.29 is 84.8 Å². The summed E-state index contributed by atoms with van der Waals surface area (Å²) in [6.07, 6.45) is 3.38. The maximum absolute atomic E-state index is 11.9. The van der Waals surface area contributed by atoms with E-state index in [-0.39, 0.29) is 69.0 Å². The van der Waals surface area contributed by atoms with Gasteiger partial charge in [0.05, 0.1) is 12.0 Å². The Kier molecular flexibility index (Phi) is 9.02. The predicted octanol–water partition coefficient (Wildman–Crippen LogP) is -0.0679. The number of hydrogen-bond acceptors (Lipinski definition) is 6. The van der Waals surface area contributed by atoms with Gasteiger partial charge in [0, 0.05) is 6.92 Å². The summed E-state index contributed by atoms with van der Waals surface area (Å²) in [4.78, 5) is 22.8. The minimum absolute atomic E-state index is 0. The molecule has 0 aliphatic rings. The van der Waals surface area contributed by atoms with Gasteiger partial charge in [-0.25, -0.2) is 4.79 Å². The van der Waals surface area contributed by atoms with E-state index >= 15 is 0 Å². The minimum Gasteiger partial charge on any atom is -1.00 e. The summed E-state index contributed by atoms with van der Waals surface area (Å²) < 4.78 is 40.7. The smallest absolute Gasteiger partial charge is 1.00 e. The van der Waals surface area contributed by atoms with E-state index in [1.54, 1.807) is 18.2 Å². The van der Waals surface area contributed by atoms with Gasteiger partial charge < -0.3 is 10.9 Å². The van der Waals surface area contributed by atoms with Crippen molar-refractivity contribution in [3.05, 3.63) is 59.2 Å². The van der Waals surface area contributed by atoms with Crippen molar-refractivity contribution in [2.24, 2.45) is 0 Å². The topological polar surface area (TPSA) is 107 Å². The molecule has 0 atom stereocenters. The molecule has 9 heteroatoms. The second-order valence-corrected chi connectivity index (χ2v) is 6.64. The quantitative estimate of drug-likeness (QED) is 0.239. The summed E-state index contributed by atoms with van der Waals surface area (Å²) in [5, 5.41) is 0. The van der Waals surface area contributed by atoms with Gasteiger partial charge in [0.25, 0.3) is 10.1 Å². The minimum atomic E-state index is -4.24. The fourth-order valence-electron chi connectivity index (χ4n) is 2.11. The monoisotopic (exact) mass is 416 g/mol. The molecule has 0 aliphatic heterocycles. The Morgan fingerprint density at radius 1 is 1.04 bits per heavy atom. The molecule has 0 heterocycles. The van der Waals surface area contributed by atoms with Crippen molar-refractivity contribution in [2.45, 2.75) is 11.8 Å². The summed E-state index contributed by atoms with van der Waals surface area (Å²) in [5.41, 5.74) is 1.42. The molecule has 2 aromatic carbocycles. The first-order valence-electron chi connectivity index (χ1n) is 7.37. The van der Waals surface area contributed by atoms with Crippen LogP contribution >= 0.6 is 0 Å². The molecule has 0 spiro atoms. The number of benzene rings is 2. The molecule has 7 nitrogen and oxygen atoms in total. The first-order chi connectivity index (χ1) is 12.2. The normalized spacial score (nSPS) is 10.9. The zero-order valence-corrected chi connectivity index (χ0v) is 18.9. The molecule has 2 rings (SSSR count). The molecule has 0 fully saturated rings. The van der Waals surface area contributed by atoms with Gasteiger partial charge in [-0.3, -0.25) is 9.35 Å². The van der Waals surface area contributed by atoms with Gasteiger partial charge in [0.2, 0.25) is 0 Å². The molecule has 0 aliphatic carbocycles. The van der Waals surface area contributed by atoms with Crippen molar-refractivity contribution in [1.29, 1.82) is 0 Å². The van der Waals surface area contributed by atoms with Crippen molar-refractivity contribution in [3.8, 4) is 5.75 Å². The molecule has 0 bridgehead atoms. The van der Waals surface area contributed by atoms with Crippen molar-refractivity contribution in [3.63, 3.8) is 0 Å². The van der Waals surface area contributed by atoms with Crippen LogP contribution in [-0.2, 0) is 19.6 Å². The number of methoxy groups -OCH3 is 1. The number of hydrogen-bond donors (Lipinski definition) is 1. The van der Waals surface area contributed by atoms with E-state index in [2.05, 4.69) is 4.74 Å². The average Bonchev–Trinajstić information content (AvgIpc) is 2.59. The van der Waals surface area contributed by atoms with Crippen molar-refractivity contribution in [1.82, 2.24) is 0 Å². The van der Waals surface area contributed by atoms with E-state index in [9.17, 15) is 18.0 Å². The molecular formula is C18H17KO7S. The van der Waals surface area contributed by atoms with Crippen LogP contribution in [0.5, 0.6) is 5.75 Å². The Labute approximate surface area is 201 Å². The van der Waals surface area contributed by atoms with E-state index in [4.69, 9.17) is 9.29 Å². The molecule has 0 unspecified atom stereocenters. The summed E-state index contributed by atoms with van der Waals surface area (Å²) in [7, 11) is -3.02. The molecule has 0 amide bonds. The van der Waals surface area contributed by atoms with Gasteiger partial charge in [-0.05, 0) is 35.4 Å². The Morgan fingerprint density at radius 3 is 2.11 bits per heavy atom. The molecule has 138 valence electrons. The number of esters is 2. The van der Waals surface area contributed by atoms with Crippen LogP contribution in [0, 0.1) is 0 Å². The molecule has 27 heavy (non-hydrogen) atoms. The molecule has 0 saturated carbocycles. The van der Waals surface area contributed by atoms with Gasteiger partial charge in [0.15, 0.2) is 0 Å². The number of ether oxygens (including phenoxy) is 2. The first kappa shape index (κ1) is 23.7.